The lowest BCUT2D eigenvalue weighted by Crippen LogP contribution is -2.50. The van der Waals surface area contributed by atoms with Gasteiger partial charge in [-0.15, -0.1) is 0 Å². The van der Waals surface area contributed by atoms with Crippen LogP contribution < -0.4 is 5.32 Å². The lowest BCUT2D eigenvalue weighted by atomic mass is 10.0. The molecule has 3 atom stereocenters. The van der Waals surface area contributed by atoms with Gasteiger partial charge < -0.3 is 15.5 Å². The molecule has 4 N–H and O–H groups in total. The Labute approximate surface area is 283 Å². The minimum absolute atomic E-state index is 0.274. The van der Waals surface area contributed by atoms with Crippen LogP contribution in [-0.4, -0.2) is 53.1 Å². The van der Waals surface area contributed by atoms with E-state index in [1.807, 2.05) is 0 Å². The molecule has 46 heavy (non-hydrogen) atoms. The van der Waals surface area contributed by atoms with Crippen molar-refractivity contribution in [3.05, 3.63) is 36.5 Å². The van der Waals surface area contributed by atoms with Crippen molar-refractivity contribution in [1.82, 2.24) is 5.32 Å². The van der Waals surface area contributed by atoms with E-state index in [2.05, 4.69) is 43.5 Å². The predicted octanol–water partition coefficient (Wildman–Crippen LogP) is 9.54. The molecular weight excluding hydrogens is 598 g/mol. The maximum atomic E-state index is 12.5. The molecule has 0 aliphatic carbocycles. The third kappa shape index (κ3) is 31.1. The lowest BCUT2D eigenvalue weighted by Gasteiger charge is -2.22. The molecule has 0 heterocycles. The number of allylic oxidation sites excluding steroid dienone is 5. The number of carbonyl (C=O) groups excluding carboxylic acids is 1. The molecule has 0 aromatic carbocycles. The van der Waals surface area contributed by atoms with Crippen LogP contribution in [0.15, 0.2) is 36.5 Å². The Morgan fingerprint density at radius 1 is 0.587 bits per heavy atom. The molecular formula is C38H71NO6S. The number of amides is 1. The fourth-order valence-electron chi connectivity index (χ4n) is 5.49. The number of unbranched alkanes of at least 4 members (excludes halogenated alkanes) is 20. The van der Waals surface area contributed by atoms with E-state index < -0.39 is 40.0 Å². The first kappa shape index (κ1) is 44.5. The summed E-state index contributed by atoms with van der Waals surface area (Å²) in [5, 5.41) is 23.2. The van der Waals surface area contributed by atoms with Gasteiger partial charge in [0.1, 0.15) is 6.10 Å². The largest absolute Gasteiger partial charge is 0.387 e. The minimum Gasteiger partial charge on any atom is -0.387 e. The molecule has 3 unspecified atom stereocenters. The van der Waals surface area contributed by atoms with Crippen LogP contribution in [-0.2, 0) is 14.9 Å². The molecule has 8 heteroatoms. The maximum absolute atomic E-state index is 12.5. The van der Waals surface area contributed by atoms with Crippen molar-refractivity contribution in [2.24, 2.45) is 0 Å². The first-order chi connectivity index (χ1) is 22.2. The molecule has 0 saturated carbocycles. The highest BCUT2D eigenvalue weighted by Crippen LogP contribution is 2.15. The van der Waals surface area contributed by atoms with Crippen molar-refractivity contribution in [3.8, 4) is 0 Å². The Morgan fingerprint density at radius 2 is 0.978 bits per heavy atom. The Morgan fingerprint density at radius 3 is 1.39 bits per heavy atom. The van der Waals surface area contributed by atoms with Gasteiger partial charge in [-0.1, -0.05) is 172 Å². The Bertz CT molecular complexity index is 886. The van der Waals surface area contributed by atoms with Gasteiger partial charge in [-0.05, 0) is 38.5 Å². The smallest absolute Gasteiger partial charge is 0.267 e. The van der Waals surface area contributed by atoms with E-state index in [0.29, 0.717) is 12.8 Å². The van der Waals surface area contributed by atoms with Crippen molar-refractivity contribution < 1.29 is 28.0 Å². The first-order valence-electron chi connectivity index (χ1n) is 18.8. The van der Waals surface area contributed by atoms with Crippen LogP contribution in [0.4, 0.5) is 0 Å². The third-order valence-electron chi connectivity index (χ3n) is 8.39. The molecule has 7 nitrogen and oxygen atoms in total. The molecule has 0 spiro atoms. The molecule has 0 rings (SSSR count). The summed E-state index contributed by atoms with van der Waals surface area (Å²) in [6, 6.07) is -1.25. The Balaban J connectivity index is 4.06. The second-order valence-corrected chi connectivity index (χ2v) is 14.5. The number of hydrogen-bond donors (Lipinski definition) is 4. The molecule has 0 saturated heterocycles. The van der Waals surface area contributed by atoms with E-state index in [9.17, 15) is 28.0 Å². The van der Waals surface area contributed by atoms with Gasteiger partial charge in [-0.2, -0.15) is 8.42 Å². The van der Waals surface area contributed by atoms with Gasteiger partial charge in [0, 0.05) is 0 Å². The number of aliphatic hydroxyl groups excluding tert-OH is 2. The second kappa shape index (κ2) is 32.1. The highest BCUT2D eigenvalue weighted by Gasteiger charge is 2.27. The first-order valence-corrected chi connectivity index (χ1v) is 20.4. The highest BCUT2D eigenvalue weighted by molar-refractivity contribution is 7.85. The standard InChI is InChI=1S/C38H71NO6S/c1-3-5-7-9-11-13-15-16-17-18-19-20-21-23-25-27-29-31-33-37(41)38(42)39-35(34-46(43,44)45)36(40)32-30-28-26-24-22-14-12-10-8-6-4-2/h8,10,22,24,30,32,35-37,40-41H,3-7,9,11-21,23,25-29,31,33-34H2,1-2H3,(H,39,42)(H,43,44,45)/b10-8+,24-22+,32-30+. The van der Waals surface area contributed by atoms with Crippen molar-refractivity contribution in [2.45, 2.75) is 193 Å². The van der Waals surface area contributed by atoms with Gasteiger partial charge in [0.15, 0.2) is 0 Å². The molecule has 0 fully saturated rings. The van der Waals surface area contributed by atoms with Crippen LogP contribution in [0.25, 0.3) is 0 Å². The molecule has 0 radical (unpaired) electrons. The lowest BCUT2D eigenvalue weighted by molar-refractivity contribution is -0.130. The maximum Gasteiger partial charge on any atom is 0.267 e. The van der Waals surface area contributed by atoms with Crippen LogP contribution in [0.2, 0.25) is 0 Å². The zero-order valence-electron chi connectivity index (χ0n) is 29.6. The predicted molar refractivity (Wildman–Crippen MR) is 195 cm³/mol. The number of hydrogen-bond acceptors (Lipinski definition) is 5. The fraction of sp³-hybridized carbons (Fsp3) is 0.816. The normalized spacial score (nSPS) is 14.5. The summed E-state index contributed by atoms with van der Waals surface area (Å²) in [4.78, 5) is 12.5. The number of carbonyl (C=O) groups is 1. The van der Waals surface area contributed by atoms with E-state index in [-0.39, 0.29) is 6.42 Å². The molecule has 0 aromatic rings. The third-order valence-corrected chi connectivity index (χ3v) is 9.17. The molecule has 1 amide bonds. The van der Waals surface area contributed by atoms with Gasteiger partial charge in [0.25, 0.3) is 10.1 Å². The highest BCUT2D eigenvalue weighted by atomic mass is 32.2. The minimum atomic E-state index is -4.45. The van der Waals surface area contributed by atoms with E-state index in [1.54, 1.807) is 6.08 Å². The van der Waals surface area contributed by atoms with E-state index in [0.717, 1.165) is 51.4 Å². The van der Waals surface area contributed by atoms with Gasteiger partial charge in [-0.3, -0.25) is 9.35 Å². The quantitative estimate of drug-likeness (QED) is 0.0313. The second-order valence-electron chi connectivity index (χ2n) is 13.0. The van der Waals surface area contributed by atoms with Gasteiger partial charge in [-0.25, -0.2) is 0 Å². The summed E-state index contributed by atoms with van der Waals surface area (Å²) in [6.45, 7) is 4.42. The Hall–Kier alpha value is -1.48. The summed E-state index contributed by atoms with van der Waals surface area (Å²) in [7, 11) is -4.45. The molecule has 0 aromatic heterocycles. The monoisotopic (exact) mass is 670 g/mol. The van der Waals surface area contributed by atoms with E-state index >= 15 is 0 Å². The fourth-order valence-corrected chi connectivity index (χ4v) is 6.23. The summed E-state index contributed by atoms with van der Waals surface area (Å²) >= 11 is 0. The average Bonchev–Trinajstić information content (AvgIpc) is 3.01. The molecule has 0 bridgehead atoms. The van der Waals surface area contributed by atoms with Crippen LogP contribution >= 0.6 is 0 Å². The number of rotatable bonds is 33. The molecule has 0 aliphatic rings. The topological polar surface area (TPSA) is 124 Å². The summed E-state index contributed by atoms with van der Waals surface area (Å²) in [5.74, 6) is -1.56. The van der Waals surface area contributed by atoms with Crippen LogP contribution in [0.5, 0.6) is 0 Å². The zero-order valence-corrected chi connectivity index (χ0v) is 30.4. The summed E-state index contributed by atoms with van der Waals surface area (Å²) in [5.41, 5.74) is 0. The average molecular weight is 670 g/mol. The van der Waals surface area contributed by atoms with Gasteiger partial charge in [0.05, 0.1) is 17.9 Å². The zero-order chi connectivity index (χ0) is 34.1. The Kier molecular flexibility index (Phi) is 31.1. The van der Waals surface area contributed by atoms with Crippen LogP contribution in [0.1, 0.15) is 174 Å². The van der Waals surface area contributed by atoms with E-state index in [1.165, 1.54) is 96.0 Å². The van der Waals surface area contributed by atoms with Crippen molar-refractivity contribution >= 4 is 16.0 Å². The van der Waals surface area contributed by atoms with Gasteiger partial charge in [0.2, 0.25) is 5.91 Å². The van der Waals surface area contributed by atoms with E-state index in [4.69, 9.17) is 0 Å². The van der Waals surface area contributed by atoms with Crippen LogP contribution in [0.3, 0.4) is 0 Å². The van der Waals surface area contributed by atoms with Gasteiger partial charge >= 0.3 is 0 Å². The number of aliphatic hydroxyl groups is 2. The van der Waals surface area contributed by atoms with Crippen molar-refractivity contribution in [3.63, 3.8) is 0 Å². The SMILES string of the molecule is CCC/C=C/CC/C=C/CC/C=C/C(O)C(CS(=O)(=O)O)NC(=O)C(O)CCCCCCCCCCCCCCCCCCCC. The number of nitrogens with one attached hydrogen (secondary N) is 1. The summed E-state index contributed by atoms with van der Waals surface area (Å²) < 4.78 is 32.3. The van der Waals surface area contributed by atoms with Crippen molar-refractivity contribution in [1.29, 1.82) is 0 Å². The molecule has 0 aliphatic heterocycles. The van der Waals surface area contributed by atoms with Crippen molar-refractivity contribution in [2.75, 3.05) is 5.75 Å². The molecule has 270 valence electrons. The van der Waals surface area contributed by atoms with Crippen LogP contribution in [0, 0.1) is 0 Å². The summed E-state index contributed by atoms with van der Waals surface area (Å²) in [6.07, 6.45) is 37.8.